The number of anilines is 1. The van der Waals surface area contributed by atoms with Crippen molar-refractivity contribution < 1.29 is 17.7 Å². The number of aromatic nitrogens is 1. The lowest BCUT2D eigenvalue weighted by molar-refractivity contribution is 0.242. The number of benzene rings is 2. The molecule has 0 spiro atoms. The van der Waals surface area contributed by atoms with Crippen molar-refractivity contribution in [3.8, 4) is 16.9 Å². The molecule has 1 N–H and O–H groups in total. The number of nitrogens with zero attached hydrogens (tertiary/aromatic N) is 1. The third-order valence-electron chi connectivity index (χ3n) is 3.46. The molecular formula is C18H17ClN2O4S. The van der Waals surface area contributed by atoms with Gasteiger partial charge in [0.25, 0.3) is 10.0 Å². The number of sulfonamides is 1. The lowest BCUT2D eigenvalue weighted by Crippen LogP contribution is -2.13. The molecule has 0 saturated carbocycles. The molecule has 0 atom stereocenters. The van der Waals surface area contributed by atoms with Gasteiger partial charge in [-0.05, 0) is 55.8 Å². The third kappa shape index (κ3) is 4.17. The molecule has 1 heterocycles. The Morgan fingerprint density at radius 1 is 1.08 bits per heavy atom. The molecule has 2 aromatic carbocycles. The molecule has 0 fully saturated rings. The van der Waals surface area contributed by atoms with Crippen LogP contribution in [0.2, 0.25) is 5.02 Å². The van der Waals surface area contributed by atoms with E-state index in [4.69, 9.17) is 20.9 Å². The average molecular weight is 393 g/mol. The smallest absolute Gasteiger partial charge is 0.264 e. The topological polar surface area (TPSA) is 81.4 Å². The van der Waals surface area contributed by atoms with Crippen LogP contribution in [0.3, 0.4) is 0 Å². The number of nitrogens with one attached hydrogen (secondary N) is 1. The van der Waals surface area contributed by atoms with Crippen molar-refractivity contribution in [2.24, 2.45) is 0 Å². The molecule has 0 aliphatic rings. The molecule has 8 heteroatoms. The van der Waals surface area contributed by atoms with E-state index in [1.165, 1.54) is 18.3 Å². The van der Waals surface area contributed by atoms with E-state index in [0.29, 0.717) is 16.3 Å². The van der Waals surface area contributed by atoms with Crippen LogP contribution in [0.5, 0.6) is 5.75 Å². The van der Waals surface area contributed by atoms with Gasteiger partial charge in [-0.1, -0.05) is 28.9 Å². The molecule has 136 valence electrons. The molecule has 3 aromatic rings. The predicted molar refractivity (Wildman–Crippen MR) is 100.0 cm³/mol. The fourth-order valence-electron chi connectivity index (χ4n) is 2.30. The Kier molecular flexibility index (Phi) is 5.20. The first-order chi connectivity index (χ1) is 12.3. The molecule has 0 bridgehead atoms. The summed E-state index contributed by atoms with van der Waals surface area (Å²) in [6, 6.07) is 13.1. The van der Waals surface area contributed by atoms with E-state index in [9.17, 15) is 8.42 Å². The quantitative estimate of drug-likeness (QED) is 0.663. The van der Waals surface area contributed by atoms with E-state index < -0.39 is 10.0 Å². The van der Waals surface area contributed by atoms with Gasteiger partial charge in [-0.15, -0.1) is 0 Å². The Hall–Kier alpha value is -2.51. The van der Waals surface area contributed by atoms with Crippen molar-refractivity contribution in [2.75, 3.05) is 4.72 Å². The first kappa shape index (κ1) is 18.3. The second-order valence-corrected chi connectivity index (χ2v) is 7.94. The zero-order valence-corrected chi connectivity index (χ0v) is 15.7. The van der Waals surface area contributed by atoms with Crippen LogP contribution in [-0.4, -0.2) is 19.7 Å². The van der Waals surface area contributed by atoms with E-state index in [1.807, 2.05) is 13.8 Å². The van der Waals surface area contributed by atoms with Crippen molar-refractivity contribution in [1.82, 2.24) is 5.16 Å². The summed E-state index contributed by atoms with van der Waals surface area (Å²) in [6.07, 6.45) is 1.45. The highest BCUT2D eigenvalue weighted by Crippen LogP contribution is 2.30. The zero-order chi connectivity index (χ0) is 18.7. The molecule has 0 unspecified atom stereocenters. The van der Waals surface area contributed by atoms with Gasteiger partial charge in [-0.25, -0.2) is 13.1 Å². The van der Waals surface area contributed by atoms with E-state index in [2.05, 4.69) is 9.88 Å². The van der Waals surface area contributed by atoms with Gasteiger partial charge in [-0.3, -0.25) is 0 Å². The molecule has 1 aromatic heterocycles. The van der Waals surface area contributed by atoms with Crippen molar-refractivity contribution in [2.45, 2.75) is 24.8 Å². The van der Waals surface area contributed by atoms with E-state index in [0.717, 1.165) is 5.56 Å². The van der Waals surface area contributed by atoms with Crippen LogP contribution >= 0.6 is 11.6 Å². The fraction of sp³-hybridized carbons (Fsp3) is 0.167. The molecule has 0 aliphatic carbocycles. The molecule has 0 aliphatic heterocycles. The Labute approximate surface area is 156 Å². The summed E-state index contributed by atoms with van der Waals surface area (Å²) in [5, 5.41) is 4.27. The largest absolute Gasteiger partial charge is 0.491 e. The normalized spacial score (nSPS) is 11.5. The second-order valence-electron chi connectivity index (χ2n) is 5.82. The van der Waals surface area contributed by atoms with E-state index in [1.54, 1.807) is 36.4 Å². The summed E-state index contributed by atoms with van der Waals surface area (Å²) in [5.74, 6) is 0.635. The Morgan fingerprint density at radius 3 is 2.35 bits per heavy atom. The lowest BCUT2D eigenvalue weighted by atomic mass is 10.1. The van der Waals surface area contributed by atoms with Crippen LogP contribution in [0.4, 0.5) is 5.88 Å². The number of halogens is 1. The summed E-state index contributed by atoms with van der Waals surface area (Å²) >= 11 is 5.88. The second kappa shape index (κ2) is 7.39. The van der Waals surface area contributed by atoms with E-state index in [-0.39, 0.29) is 16.9 Å². The first-order valence-corrected chi connectivity index (χ1v) is 9.71. The van der Waals surface area contributed by atoms with Crippen LogP contribution in [0.25, 0.3) is 11.1 Å². The van der Waals surface area contributed by atoms with Crippen molar-refractivity contribution >= 4 is 27.5 Å². The Balaban J connectivity index is 1.84. The minimum Gasteiger partial charge on any atom is -0.491 e. The van der Waals surface area contributed by atoms with Gasteiger partial charge in [0, 0.05) is 5.02 Å². The third-order valence-corrected chi connectivity index (χ3v) is 5.06. The maximum Gasteiger partial charge on any atom is 0.264 e. The standard InChI is InChI=1S/C18H17ClN2O4S/c1-12(2)24-15-7-9-16(10-8-15)26(22,23)21-18-17(11-20-25-18)13-3-5-14(19)6-4-13/h3-12,21H,1-2H3. The summed E-state index contributed by atoms with van der Waals surface area (Å²) in [7, 11) is -3.83. The highest BCUT2D eigenvalue weighted by Gasteiger charge is 2.20. The molecule has 0 radical (unpaired) electrons. The maximum absolute atomic E-state index is 12.6. The van der Waals surface area contributed by atoms with E-state index >= 15 is 0 Å². The van der Waals surface area contributed by atoms with Gasteiger partial charge in [0.2, 0.25) is 5.88 Å². The van der Waals surface area contributed by atoms with Gasteiger partial charge in [0.15, 0.2) is 0 Å². The molecule has 0 saturated heterocycles. The minimum atomic E-state index is -3.83. The number of hydrogen-bond acceptors (Lipinski definition) is 5. The van der Waals surface area contributed by atoms with Crippen molar-refractivity contribution in [1.29, 1.82) is 0 Å². The highest BCUT2D eigenvalue weighted by molar-refractivity contribution is 7.92. The van der Waals surface area contributed by atoms with Gasteiger partial charge in [0.05, 0.1) is 22.8 Å². The Morgan fingerprint density at radius 2 is 1.73 bits per heavy atom. The number of ether oxygens (including phenoxy) is 1. The van der Waals surface area contributed by atoms with Gasteiger partial charge >= 0.3 is 0 Å². The molecular weight excluding hydrogens is 376 g/mol. The fourth-order valence-corrected chi connectivity index (χ4v) is 3.43. The van der Waals surface area contributed by atoms with Crippen LogP contribution in [0.1, 0.15) is 13.8 Å². The minimum absolute atomic E-state index is 0.00621. The van der Waals surface area contributed by atoms with Crippen LogP contribution in [0.15, 0.2) is 64.1 Å². The molecule has 0 amide bonds. The Bertz CT molecular complexity index is 981. The summed E-state index contributed by atoms with van der Waals surface area (Å²) in [4.78, 5) is 0.0899. The van der Waals surface area contributed by atoms with Crippen molar-refractivity contribution in [3.05, 3.63) is 59.8 Å². The molecule has 26 heavy (non-hydrogen) atoms. The monoisotopic (exact) mass is 392 g/mol. The highest BCUT2D eigenvalue weighted by atomic mass is 35.5. The first-order valence-electron chi connectivity index (χ1n) is 7.85. The number of rotatable bonds is 6. The molecule has 3 rings (SSSR count). The van der Waals surface area contributed by atoms with Crippen LogP contribution in [0, 0.1) is 0 Å². The zero-order valence-electron chi connectivity index (χ0n) is 14.1. The lowest BCUT2D eigenvalue weighted by Gasteiger charge is -2.11. The summed E-state index contributed by atoms with van der Waals surface area (Å²) < 4.78 is 38.3. The van der Waals surface area contributed by atoms with Crippen LogP contribution in [-0.2, 0) is 10.0 Å². The summed E-state index contributed by atoms with van der Waals surface area (Å²) in [5.41, 5.74) is 1.25. The van der Waals surface area contributed by atoms with Crippen LogP contribution < -0.4 is 9.46 Å². The predicted octanol–water partition coefficient (Wildman–Crippen LogP) is 4.58. The van der Waals surface area contributed by atoms with Gasteiger partial charge < -0.3 is 9.26 Å². The van der Waals surface area contributed by atoms with Crippen molar-refractivity contribution in [3.63, 3.8) is 0 Å². The summed E-state index contributed by atoms with van der Waals surface area (Å²) in [6.45, 7) is 3.79. The average Bonchev–Trinajstić information content (AvgIpc) is 3.03. The van der Waals surface area contributed by atoms with Gasteiger partial charge in [-0.2, -0.15) is 0 Å². The SMILES string of the molecule is CC(C)Oc1ccc(S(=O)(=O)Nc2oncc2-c2ccc(Cl)cc2)cc1. The maximum atomic E-state index is 12.6. The van der Waals surface area contributed by atoms with Gasteiger partial charge in [0.1, 0.15) is 5.75 Å². The molecule has 6 nitrogen and oxygen atoms in total. The number of hydrogen-bond donors (Lipinski definition) is 1.